The minimum Gasteiger partial charge on any atom is -0.489 e. The largest absolute Gasteiger partial charge is 0.489 e. The van der Waals surface area contributed by atoms with Crippen LogP contribution in [0.15, 0.2) is 78.9 Å². The Hall–Kier alpha value is -3.71. The van der Waals surface area contributed by atoms with Crippen molar-refractivity contribution in [1.82, 2.24) is 10.2 Å². The molecule has 0 saturated carbocycles. The lowest BCUT2D eigenvalue weighted by Gasteiger charge is -2.25. The number of ether oxygens (including phenoxy) is 1. The number of benzene rings is 3. The van der Waals surface area contributed by atoms with E-state index in [-0.39, 0.29) is 12.5 Å². The van der Waals surface area contributed by atoms with Gasteiger partial charge in [0.25, 0.3) is 0 Å². The lowest BCUT2D eigenvalue weighted by atomic mass is 10.0. The van der Waals surface area contributed by atoms with Crippen LogP contribution in [0.3, 0.4) is 0 Å². The molecule has 166 valence electrons. The van der Waals surface area contributed by atoms with Crippen molar-refractivity contribution in [1.29, 1.82) is 0 Å². The maximum atomic E-state index is 13.6. The van der Waals surface area contributed by atoms with Crippen LogP contribution in [-0.4, -0.2) is 30.3 Å². The molecule has 3 rings (SSSR count). The van der Waals surface area contributed by atoms with Gasteiger partial charge in [0.1, 0.15) is 24.2 Å². The highest BCUT2D eigenvalue weighted by atomic mass is 19.1. The number of likely N-dealkylation sites (N-methyl/N-ethyl adjacent to an activating group) is 1. The number of amides is 2. The molecule has 6 nitrogen and oxygen atoms in total. The second kappa shape index (κ2) is 11.1. The maximum absolute atomic E-state index is 13.6. The molecule has 0 aliphatic carbocycles. The monoisotopic (exact) mass is 435 g/mol. The summed E-state index contributed by atoms with van der Waals surface area (Å²) in [5.74, 6) is -0.646. The average Bonchev–Trinajstić information content (AvgIpc) is 2.77. The summed E-state index contributed by atoms with van der Waals surface area (Å²) in [6, 6.07) is 21.9. The quantitative estimate of drug-likeness (QED) is 0.512. The standard InChI is InChI=1S/C25H26FN3O3/c1-29(24(25(27)31)18-10-7-11-21(26)14-18)16-23(30)28-15-19-8-5-6-9-20(19)17-32-22-12-3-2-4-13-22/h2-14,24H,15-17H2,1H3,(H2,27,31)(H,28,30). The van der Waals surface area contributed by atoms with Gasteiger partial charge in [-0.25, -0.2) is 4.39 Å². The van der Waals surface area contributed by atoms with Gasteiger partial charge in [-0.1, -0.05) is 54.6 Å². The van der Waals surface area contributed by atoms with Crippen molar-refractivity contribution in [2.75, 3.05) is 13.6 Å². The molecule has 1 unspecified atom stereocenters. The number of carbonyl (C=O) groups is 2. The predicted octanol–water partition coefficient (Wildman–Crippen LogP) is 3.18. The zero-order valence-corrected chi connectivity index (χ0v) is 17.8. The van der Waals surface area contributed by atoms with Gasteiger partial charge in [-0.3, -0.25) is 14.5 Å². The van der Waals surface area contributed by atoms with Crippen LogP contribution in [0.4, 0.5) is 4.39 Å². The van der Waals surface area contributed by atoms with E-state index in [9.17, 15) is 14.0 Å². The van der Waals surface area contributed by atoms with Crippen molar-refractivity contribution < 1.29 is 18.7 Å². The Kier molecular flexibility index (Phi) is 7.94. The fraction of sp³-hybridized carbons (Fsp3) is 0.200. The Morgan fingerprint density at radius 1 is 1.00 bits per heavy atom. The predicted molar refractivity (Wildman–Crippen MR) is 120 cm³/mol. The summed E-state index contributed by atoms with van der Waals surface area (Å²) in [5.41, 5.74) is 7.80. The molecule has 3 aromatic rings. The van der Waals surface area contributed by atoms with Crippen molar-refractivity contribution in [2.45, 2.75) is 19.2 Å². The molecule has 1 atom stereocenters. The first-order chi connectivity index (χ1) is 15.4. The van der Waals surface area contributed by atoms with E-state index in [1.54, 1.807) is 13.1 Å². The SMILES string of the molecule is CN(CC(=O)NCc1ccccc1COc1ccccc1)C(C(N)=O)c1cccc(F)c1. The van der Waals surface area contributed by atoms with Crippen LogP contribution < -0.4 is 15.8 Å². The van der Waals surface area contributed by atoms with Crippen LogP contribution in [0.25, 0.3) is 0 Å². The number of nitrogens with two attached hydrogens (primary N) is 1. The molecule has 0 bridgehead atoms. The van der Waals surface area contributed by atoms with E-state index in [4.69, 9.17) is 10.5 Å². The molecule has 0 aromatic heterocycles. The summed E-state index contributed by atoms with van der Waals surface area (Å²) in [5, 5.41) is 2.86. The number of para-hydroxylation sites is 1. The number of hydrogen-bond donors (Lipinski definition) is 2. The minimum absolute atomic E-state index is 0.0766. The normalized spacial score (nSPS) is 11.7. The molecule has 3 N–H and O–H groups in total. The fourth-order valence-electron chi connectivity index (χ4n) is 3.43. The van der Waals surface area contributed by atoms with E-state index >= 15 is 0 Å². The summed E-state index contributed by atoms with van der Waals surface area (Å²) in [6.45, 7) is 0.605. The Morgan fingerprint density at radius 2 is 1.69 bits per heavy atom. The Morgan fingerprint density at radius 3 is 2.38 bits per heavy atom. The Labute approximate surface area is 186 Å². The van der Waals surface area contributed by atoms with Crippen molar-refractivity contribution in [3.8, 4) is 5.75 Å². The van der Waals surface area contributed by atoms with Gasteiger partial charge in [0.15, 0.2) is 0 Å². The smallest absolute Gasteiger partial charge is 0.239 e. The highest BCUT2D eigenvalue weighted by molar-refractivity contribution is 5.83. The number of nitrogens with zero attached hydrogens (tertiary/aromatic N) is 1. The van der Waals surface area contributed by atoms with Crippen molar-refractivity contribution in [3.05, 3.63) is 101 Å². The summed E-state index contributed by atoms with van der Waals surface area (Å²) in [6.07, 6.45) is 0. The summed E-state index contributed by atoms with van der Waals surface area (Å²) in [4.78, 5) is 26.0. The van der Waals surface area contributed by atoms with Crippen LogP contribution in [0.2, 0.25) is 0 Å². The van der Waals surface area contributed by atoms with Crippen molar-refractivity contribution >= 4 is 11.8 Å². The van der Waals surface area contributed by atoms with Gasteiger partial charge in [-0.15, -0.1) is 0 Å². The van der Waals surface area contributed by atoms with Crippen molar-refractivity contribution in [3.63, 3.8) is 0 Å². The number of rotatable bonds is 10. The van der Waals surface area contributed by atoms with Crippen LogP contribution in [0.1, 0.15) is 22.7 Å². The number of primary amides is 1. The Balaban J connectivity index is 1.59. The number of hydrogen-bond acceptors (Lipinski definition) is 4. The van der Waals surface area contributed by atoms with Gasteiger partial charge in [0.05, 0.1) is 6.54 Å². The molecule has 0 radical (unpaired) electrons. The van der Waals surface area contributed by atoms with Gasteiger partial charge in [-0.05, 0) is 48.0 Å². The zero-order valence-electron chi connectivity index (χ0n) is 17.8. The van der Waals surface area contributed by atoms with E-state index in [1.807, 2.05) is 54.6 Å². The second-order valence-electron chi connectivity index (χ2n) is 7.42. The average molecular weight is 435 g/mol. The summed E-state index contributed by atoms with van der Waals surface area (Å²) >= 11 is 0. The molecule has 0 saturated heterocycles. The molecular weight excluding hydrogens is 409 g/mol. The molecule has 7 heteroatoms. The van der Waals surface area contributed by atoms with Crippen molar-refractivity contribution in [2.24, 2.45) is 5.73 Å². The molecule has 0 spiro atoms. The van der Waals surface area contributed by atoms with E-state index in [2.05, 4.69) is 5.32 Å². The van der Waals surface area contributed by atoms with Gasteiger partial charge in [0.2, 0.25) is 11.8 Å². The van der Waals surface area contributed by atoms with Crippen LogP contribution in [0.5, 0.6) is 5.75 Å². The number of nitrogens with one attached hydrogen (secondary N) is 1. The first-order valence-corrected chi connectivity index (χ1v) is 10.2. The summed E-state index contributed by atoms with van der Waals surface area (Å²) < 4.78 is 19.4. The minimum atomic E-state index is -0.914. The van der Waals surface area contributed by atoms with Gasteiger partial charge in [-0.2, -0.15) is 0 Å². The topological polar surface area (TPSA) is 84.7 Å². The third-order valence-corrected chi connectivity index (χ3v) is 5.00. The first-order valence-electron chi connectivity index (χ1n) is 10.2. The van der Waals surface area contributed by atoms with E-state index in [1.165, 1.54) is 23.1 Å². The van der Waals surface area contributed by atoms with Gasteiger partial charge >= 0.3 is 0 Å². The third-order valence-electron chi connectivity index (χ3n) is 5.00. The highest BCUT2D eigenvalue weighted by Crippen LogP contribution is 2.20. The molecule has 3 aromatic carbocycles. The first kappa shape index (κ1) is 23.0. The number of carbonyl (C=O) groups excluding carboxylic acids is 2. The van der Waals surface area contributed by atoms with Crippen LogP contribution in [-0.2, 0) is 22.7 Å². The third kappa shape index (κ3) is 6.39. The Bertz CT molecular complexity index is 1060. The molecule has 0 heterocycles. The van der Waals surface area contributed by atoms with Crippen LogP contribution in [0, 0.1) is 5.82 Å². The highest BCUT2D eigenvalue weighted by Gasteiger charge is 2.25. The zero-order chi connectivity index (χ0) is 22.9. The molecule has 2 amide bonds. The van der Waals surface area contributed by atoms with E-state index < -0.39 is 17.8 Å². The van der Waals surface area contributed by atoms with Gasteiger partial charge < -0.3 is 15.8 Å². The van der Waals surface area contributed by atoms with E-state index in [0.29, 0.717) is 18.7 Å². The lowest BCUT2D eigenvalue weighted by molar-refractivity contribution is -0.126. The molecular formula is C25H26FN3O3. The molecule has 0 aliphatic rings. The molecule has 32 heavy (non-hydrogen) atoms. The van der Waals surface area contributed by atoms with E-state index in [0.717, 1.165) is 16.9 Å². The summed E-state index contributed by atoms with van der Waals surface area (Å²) in [7, 11) is 1.60. The second-order valence-corrected chi connectivity index (χ2v) is 7.42. The molecule has 0 fully saturated rings. The lowest BCUT2D eigenvalue weighted by Crippen LogP contribution is -2.41. The maximum Gasteiger partial charge on any atom is 0.239 e. The van der Waals surface area contributed by atoms with Gasteiger partial charge in [0, 0.05) is 6.54 Å². The molecule has 0 aliphatic heterocycles. The van der Waals surface area contributed by atoms with Crippen LogP contribution >= 0.6 is 0 Å². The number of halogens is 1. The fourth-order valence-corrected chi connectivity index (χ4v) is 3.43.